The Morgan fingerprint density at radius 3 is 2.71 bits per heavy atom. The number of hydrogen-bond acceptors (Lipinski definition) is 4. The molecule has 0 aliphatic carbocycles. The Bertz CT molecular complexity index is 389. The fraction of sp³-hybridized carbons (Fsp3) is 0.455. The van der Waals surface area contributed by atoms with Gasteiger partial charge in [0.25, 0.3) is 5.91 Å². The quantitative estimate of drug-likeness (QED) is 0.729. The highest BCUT2D eigenvalue weighted by Gasteiger charge is 2.13. The monoisotopic (exact) mass is 257 g/mol. The molecule has 1 aromatic rings. The molecule has 1 aromatic heterocycles. The Morgan fingerprint density at radius 2 is 2.12 bits per heavy atom. The lowest BCUT2D eigenvalue weighted by Crippen LogP contribution is -2.24. The number of carboxylic acids is 1. The van der Waals surface area contributed by atoms with E-state index in [9.17, 15) is 9.59 Å². The highest BCUT2D eigenvalue weighted by Crippen LogP contribution is 2.07. The van der Waals surface area contributed by atoms with Gasteiger partial charge in [0.15, 0.2) is 5.76 Å². The zero-order valence-electron chi connectivity index (χ0n) is 9.56. The molecule has 0 saturated heterocycles. The zero-order valence-corrected chi connectivity index (χ0v) is 10.4. The number of rotatable bonds is 7. The molecule has 0 radical (unpaired) electrons. The number of thioether (sulfide) groups is 1. The van der Waals surface area contributed by atoms with E-state index in [0.29, 0.717) is 6.54 Å². The van der Waals surface area contributed by atoms with Gasteiger partial charge >= 0.3 is 5.97 Å². The zero-order chi connectivity index (χ0) is 12.7. The third-order valence-electron chi connectivity index (χ3n) is 2.00. The first kappa shape index (κ1) is 13.6. The summed E-state index contributed by atoms with van der Waals surface area (Å²) in [7, 11) is 0. The molecule has 0 aliphatic rings. The van der Waals surface area contributed by atoms with Gasteiger partial charge in [-0.15, -0.1) is 0 Å². The van der Waals surface area contributed by atoms with Crippen LogP contribution in [0.1, 0.15) is 34.5 Å². The van der Waals surface area contributed by atoms with Gasteiger partial charge in [-0.3, -0.25) is 4.79 Å². The predicted octanol–water partition coefficient (Wildman–Crippen LogP) is 1.85. The molecule has 0 bridgehead atoms. The minimum atomic E-state index is -1.18. The van der Waals surface area contributed by atoms with Gasteiger partial charge in [-0.1, -0.05) is 6.92 Å². The van der Waals surface area contributed by atoms with Crippen LogP contribution in [-0.4, -0.2) is 35.0 Å². The van der Waals surface area contributed by atoms with E-state index in [1.807, 2.05) is 11.8 Å². The molecule has 5 nitrogen and oxygen atoms in total. The van der Waals surface area contributed by atoms with E-state index in [4.69, 9.17) is 9.52 Å². The van der Waals surface area contributed by atoms with Gasteiger partial charge < -0.3 is 14.8 Å². The molecule has 17 heavy (non-hydrogen) atoms. The standard InChI is InChI=1S/C11H15NO4S/c1-2-17-7-3-6-12-10(13)8-4-5-9(16-8)11(14)15/h4-5H,2-3,6-7H2,1H3,(H,12,13)(H,14,15). The van der Waals surface area contributed by atoms with Gasteiger partial charge in [0.1, 0.15) is 0 Å². The van der Waals surface area contributed by atoms with Crippen LogP contribution in [0.5, 0.6) is 0 Å². The first-order chi connectivity index (χ1) is 8.15. The molecule has 0 aliphatic heterocycles. The molecule has 1 amide bonds. The molecule has 0 atom stereocenters. The number of carbonyl (C=O) groups is 2. The first-order valence-electron chi connectivity index (χ1n) is 5.34. The Labute approximate surface area is 104 Å². The summed E-state index contributed by atoms with van der Waals surface area (Å²) in [6.45, 7) is 2.65. The lowest BCUT2D eigenvalue weighted by molar-refractivity contribution is 0.0659. The van der Waals surface area contributed by atoms with Crippen LogP contribution in [0.15, 0.2) is 16.5 Å². The van der Waals surface area contributed by atoms with Crippen molar-refractivity contribution >= 4 is 23.6 Å². The average molecular weight is 257 g/mol. The van der Waals surface area contributed by atoms with Crippen LogP contribution >= 0.6 is 11.8 Å². The van der Waals surface area contributed by atoms with E-state index in [1.54, 1.807) is 0 Å². The third-order valence-corrected chi connectivity index (χ3v) is 2.98. The largest absolute Gasteiger partial charge is 0.475 e. The fourth-order valence-electron chi connectivity index (χ4n) is 1.18. The maximum Gasteiger partial charge on any atom is 0.371 e. The summed E-state index contributed by atoms with van der Waals surface area (Å²) in [5.41, 5.74) is 0. The fourth-order valence-corrected chi connectivity index (χ4v) is 1.82. The van der Waals surface area contributed by atoms with E-state index in [-0.39, 0.29) is 17.4 Å². The Hall–Kier alpha value is -1.43. The van der Waals surface area contributed by atoms with Crippen LogP contribution in [0.3, 0.4) is 0 Å². The van der Waals surface area contributed by atoms with Gasteiger partial charge in [-0.2, -0.15) is 11.8 Å². The van der Waals surface area contributed by atoms with Gasteiger partial charge in [0, 0.05) is 6.54 Å². The summed E-state index contributed by atoms with van der Waals surface area (Å²) in [6.07, 6.45) is 0.886. The third kappa shape index (κ3) is 4.52. The van der Waals surface area contributed by atoms with Crippen LogP contribution in [0.4, 0.5) is 0 Å². The summed E-state index contributed by atoms with van der Waals surface area (Å²) in [5.74, 6) is 0.313. The number of amides is 1. The molecular weight excluding hydrogens is 242 g/mol. The highest BCUT2D eigenvalue weighted by molar-refractivity contribution is 7.99. The summed E-state index contributed by atoms with van der Waals surface area (Å²) >= 11 is 1.81. The van der Waals surface area contributed by atoms with Crippen molar-refractivity contribution in [1.82, 2.24) is 5.32 Å². The average Bonchev–Trinajstić information content (AvgIpc) is 2.78. The number of nitrogens with one attached hydrogen (secondary N) is 1. The smallest absolute Gasteiger partial charge is 0.371 e. The Morgan fingerprint density at radius 1 is 1.41 bits per heavy atom. The van der Waals surface area contributed by atoms with E-state index < -0.39 is 5.97 Å². The second kappa shape index (κ2) is 7.01. The maximum absolute atomic E-state index is 11.5. The van der Waals surface area contributed by atoms with Crippen molar-refractivity contribution in [2.24, 2.45) is 0 Å². The molecule has 6 heteroatoms. The van der Waals surface area contributed by atoms with E-state index >= 15 is 0 Å². The van der Waals surface area contributed by atoms with Crippen LogP contribution in [0, 0.1) is 0 Å². The molecule has 0 aromatic carbocycles. The number of hydrogen-bond donors (Lipinski definition) is 2. The summed E-state index contributed by atoms with van der Waals surface area (Å²) in [5, 5.41) is 11.3. The van der Waals surface area contributed by atoms with E-state index in [2.05, 4.69) is 12.2 Å². The molecule has 1 rings (SSSR count). The number of carboxylic acid groups (broad SMARTS) is 1. The number of furan rings is 1. The lowest BCUT2D eigenvalue weighted by Gasteiger charge is -2.02. The van der Waals surface area contributed by atoms with Crippen molar-refractivity contribution in [2.75, 3.05) is 18.1 Å². The SMILES string of the molecule is CCSCCCNC(=O)c1ccc(C(=O)O)o1. The number of aromatic carboxylic acids is 1. The maximum atomic E-state index is 11.5. The second-order valence-electron chi connectivity index (χ2n) is 3.28. The van der Waals surface area contributed by atoms with Gasteiger partial charge in [-0.25, -0.2) is 4.79 Å². The minimum absolute atomic E-state index is 0.0329. The van der Waals surface area contributed by atoms with Crippen molar-refractivity contribution in [2.45, 2.75) is 13.3 Å². The summed E-state index contributed by atoms with van der Waals surface area (Å²) in [4.78, 5) is 22.0. The van der Waals surface area contributed by atoms with Crippen LogP contribution in [0.25, 0.3) is 0 Å². The minimum Gasteiger partial charge on any atom is -0.475 e. The van der Waals surface area contributed by atoms with Crippen LogP contribution in [0.2, 0.25) is 0 Å². The number of carbonyl (C=O) groups excluding carboxylic acids is 1. The van der Waals surface area contributed by atoms with Gasteiger partial charge in [-0.05, 0) is 30.1 Å². The molecular formula is C11H15NO4S. The van der Waals surface area contributed by atoms with Crippen LogP contribution < -0.4 is 5.32 Å². The van der Waals surface area contributed by atoms with Gasteiger partial charge in [0.05, 0.1) is 0 Å². The van der Waals surface area contributed by atoms with E-state index in [0.717, 1.165) is 17.9 Å². The molecule has 1 heterocycles. The van der Waals surface area contributed by atoms with Gasteiger partial charge in [0.2, 0.25) is 5.76 Å². The van der Waals surface area contributed by atoms with Crippen molar-refractivity contribution in [3.63, 3.8) is 0 Å². The van der Waals surface area contributed by atoms with Crippen LogP contribution in [-0.2, 0) is 0 Å². The molecule has 94 valence electrons. The molecule has 2 N–H and O–H groups in total. The first-order valence-corrected chi connectivity index (χ1v) is 6.49. The predicted molar refractivity (Wildman–Crippen MR) is 65.6 cm³/mol. The Kier molecular flexibility index (Phi) is 5.62. The lowest BCUT2D eigenvalue weighted by atomic mass is 10.4. The normalized spacial score (nSPS) is 10.2. The molecule has 0 fully saturated rings. The molecule has 0 spiro atoms. The molecule has 0 unspecified atom stereocenters. The summed E-state index contributed by atoms with van der Waals surface area (Å²) < 4.78 is 4.87. The topological polar surface area (TPSA) is 79.5 Å². The van der Waals surface area contributed by atoms with Crippen molar-refractivity contribution < 1.29 is 19.1 Å². The second-order valence-corrected chi connectivity index (χ2v) is 4.67. The van der Waals surface area contributed by atoms with Crippen molar-refractivity contribution in [3.8, 4) is 0 Å². The Balaban J connectivity index is 2.34. The van der Waals surface area contributed by atoms with Crippen molar-refractivity contribution in [3.05, 3.63) is 23.7 Å². The molecule has 0 saturated carbocycles. The highest BCUT2D eigenvalue weighted by atomic mass is 32.2. The van der Waals surface area contributed by atoms with Crippen molar-refractivity contribution in [1.29, 1.82) is 0 Å². The van der Waals surface area contributed by atoms with E-state index in [1.165, 1.54) is 12.1 Å². The summed E-state index contributed by atoms with van der Waals surface area (Å²) in [6, 6.07) is 2.63.